The van der Waals surface area contributed by atoms with E-state index in [4.69, 9.17) is 10.5 Å². The van der Waals surface area contributed by atoms with Gasteiger partial charge in [0.1, 0.15) is 0 Å². The number of esters is 1. The molecule has 4 nitrogen and oxygen atoms in total. The van der Waals surface area contributed by atoms with Crippen molar-refractivity contribution in [3.8, 4) is 0 Å². The van der Waals surface area contributed by atoms with Crippen LogP contribution in [0, 0.1) is 0 Å². The van der Waals surface area contributed by atoms with Crippen molar-refractivity contribution < 1.29 is 14.3 Å². The summed E-state index contributed by atoms with van der Waals surface area (Å²) in [6, 6.07) is 7.45. The molecule has 1 aromatic carbocycles. The summed E-state index contributed by atoms with van der Waals surface area (Å²) in [5, 5.41) is 0. The average Bonchev–Trinajstić information content (AvgIpc) is 2.46. The molecule has 0 amide bonds. The lowest BCUT2D eigenvalue weighted by Crippen LogP contribution is -2.39. The first-order chi connectivity index (χ1) is 9.20. The van der Waals surface area contributed by atoms with Gasteiger partial charge in [-0.05, 0) is 30.5 Å². The molecule has 0 saturated heterocycles. The molecular weight excluding hydrogens is 242 g/mol. The zero-order valence-corrected chi connectivity index (χ0v) is 11.3. The highest BCUT2D eigenvalue weighted by molar-refractivity contribution is 5.89. The normalized spacial score (nSPS) is 23.1. The van der Waals surface area contributed by atoms with Crippen LogP contribution in [0.4, 0.5) is 0 Å². The first kappa shape index (κ1) is 14.0. The number of rotatable bonds is 4. The Bertz CT molecular complexity index is 416. The third-order valence-electron chi connectivity index (χ3n) is 3.59. The van der Waals surface area contributed by atoms with E-state index in [0.717, 1.165) is 18.4 Å². The number of carbonyl (C=O) groups excluding carboxylic acids is 1. The van der Waals surface area contributed by atoms with Gasteiger partial charge in [0.2, 0.25) is 0 Å². The van der Waals surface area contributed by atoms with Crippen molar-refractivity contribution in [2.24, 2.45) is 5.73 Å². The summed E-state index contributed by atoms with van der Waals surface area (Å²) in [4.78, 5) is 11.3. The summed E-state index contributed by atoms with van der Waals surface area (Å²) in [5.74, 6) is -0.318. The molecule has 1 aliphatic rings. The number of ether oxygens (including phenoxy) is 2. The minimum Gasteiger partial charge on any atom is -0.465 e. The van der Waals surface area contributed by atoms with E-state index in [0.29, 0.717) is 12.2 Å². The van der Waals surface area contributed by atoms with Crippen LogP contribution in [0.5, 0.6) is 0 Å². The van der Waals surface area contributed by atoms with E-state index in [2.05, 4.69) is 4.74 Å². The molecule has 0 heterocycles. The molecule has 0 aliphatic heterocycles. The second-order valence-electron chi connectivity index (χ2n) is 4.99. The van der Waals surface area contributed by atoms with Gasteiger partial charge in [0.15, 0.2) is 0 Å². The first-order valence-electron chi connectivity index (χ1n) is 6.75. The van der Waals surface area contributed by atoms with Crippen molar-refractivity contribution in [3.05, 3.63) is 35.4 Å². The van der Waals surface area contributed by atoms with E-state index < -0.39 is 0 Å². The fourth-order valence-corrected chi connectivity index (χ4v) is 2.39. The van der Waals surface area contributed by atoms with Crippen molar-refractivity contribution >= 4 is 5.97 Å². The Labute approximate surface area is 113 Å². The molecule has 19 heavy (non-hydrogen) atoms. The van der Waals surface area contributed by atoms with E-state index in [-0.39, 0.29) is 18.1 Å². The Kier molecular flexibility index (Phi) is 4.93. The van der Waals surface area contributed by atoms with Crippen LogP contribution < -0.4 is 5.73 Å². The van der Waals surface area contributed by atoms with Gasteiger partial charge in [-0.2, -0.15) is 0 Å². The maximum Gasteiger partial charge on any atom is 0.337 e. The van der Waals surface area contributed by atoms with E-state index >= 15 is 0 Å². The van der Waals surface area contributed by atoms with Gasteiger partial charge in [-0.15, -0.1) is 0 Å². The SMILES string of the molecule is COC(=O)c1ccc(COC2CCCCC2N)cc1. The molecule has 1 saturated carbocycles. The van der Waals surface area contributed by atoms with E-state index in [1.807, 2.05) is 12.1 Å². The van der Waals surface area contributed by atoms with Crippen molar-refractivity contribution in [2.45, 2.75) is 44.4 Å². The summed E-state index contributed by atoms with van der Waals surface area (Å²) in [7, 11) is 1.38. The van der Waals surface area contributed by atoms with Crippen LogP contribution >= 0.6 is 0 Å². The lowest BCUT2D eigenvalue weighted by atomic mass is 9.93. The molecule has 0 aromatic heterocycles. The van der Waals surface area contributed by atoms with Crippen molar-refractivity contribution in [1.82, 2.24) is 0 Å². The molecule has 0 radical (unpaired) electrons. The van der Waals surface area contributed by atoms with Gasteiger partial charge in [-0.3, -0.25) is 0 Å². The summed E-state index contributed by atoms with van der Waals surface area (Å²) in [6.45, 7) is 0.541. The lowest BCUT2D eigenvalue weighted by Gasteiger charge is -2.28. The van der Waals surface area contributed by atoms with Gasteiger partial charge in [-0.25, -0.2) is 4.79 Å². The van der Waals surface area contributed by atoms with E-state index in [9.17, 15) is 4.79 Å². The zero-order chi connectivity index (χ0) is 13.7. The van der Waals surface area contributed by atoms with Gasteiger partial charge in [0.05, 0.1) is 25.4 Å². The Morgan fingerprint density at radius 1 is 1.26 bits per heavy atom. The second-order valence-corrected chi connectivity index (χ2v) is 4.99. The standard InChI is InChI=1S/C15H21NO3/c1-18-15(17)12-8-6-11(7-9-12)10-19-14-5-3-2-4-13(14)16/h6-9,13-14H,2-5,10,16H2,1H3. The summed E-state index contributed by atoms with van der Waals surface area (Å²) < 4.78 is 10.5. The lowest BCUT2D eigenvalue weighted by molar-refractivity contribution is 0.00403. The molecule has 4 heteroatoms. The first-order valence-corrected chi connectivity index (χ1v) is 6.75. The van der Waals surface area contributed by atoms with Crippen molar-refractivity contribution in [2.75, 3.05) is 7.11 Å². The number of benzene rings is 1. The van der Waals surface area contributed by atoms with Crippen LogP contribution in [0.2, 0.25) is 0 Å². The van der Waals surface area contributed by atoms with Crippen LogP contribution in [0.25, 0.3) is 0 Å². The number of methoxy groups -OCH3 is 1. The van der Waals surface area contributed by atoms with Crippen LogP contribution in [0.3, 0.4) is 0 Å². The third-order valence-corrected chi connectivity index (χ3v) is 3.59. The predicted octanol–water partition coefficient (Wildman–Crippen LogP) is 2.26. The fraction of sp³-hybridized carbons (Fsp3) is 0.533. The molecule has 104 valence electrons. The topological polar surface area (TPSA) is 61.5 Å². The molecule has 2 N–H and O–H groups in total. The minimum atomic E-state index is -0.318. The summed E-state index contributed by atoms with van der Waals surface area (Å²) >= 11 is 0. The highest BCUT2D eigenvalue weighted by atomic mass is 16.5. The highest BCUT2D eigenvalue weighted by Crippen LogP contribution is 2.21. The molecule has 2 rings (SSSR count). The molecule has 1 aromatic rings. The molecule has 1 aliphatic carbocycles. The molecule has 0 bridgehead atoms. The third kappa shape index (κ3) is 3.78. The number of carbonyl (C=O) groups is 1. The largest absolute Gasteiger partial charge is 0.465 e. The summed E-state index contributed by atoms with van der Waals surface area (Å²) in [6.07, 6.45) is 4.65. The van der Waals surface area contributed by atoms with Gasteiger partial charge < -0.3 is 15.2 Å². The molecule has 2 unspecified atom stereocenters. The number of nitrogens with two attached hydrogens (primary N) is 1. The Balaban J connectivity index is 1.87. The van der Waals surface area contributed by atoms with Gasteiger partial charge in [-0.1, -0.05) is 25.0 Å². The van der Waals surface area contributed by atoms with E-state index in [1.165, 1.54) is 20.0 Å². The maximum absolute atomic E-state index is 11.3. The van der Waals surface area contributed by atoms with Crippen LogP contribution in [0.15, 0.2) is 24.3 Å². The molecular formula is C15H21NO3. The Morgan fingerprint density at radius 3 is 2.58 bits per heavy atom. The van der Waals surface area contributed by atoms with Gasteiger partial charge in [0.25, 0.3) is 0 Å². The highest BCUT2D eigenvalue weighted by Gasteiger charge is 2.22. The van der Waals surface area contributed by atoms with Crippen LogP contribution in [-0.4, -0.2) is 25.2 Å². The maximum atomic E-state index is 11.3. The van der Waals surface area contributed by atoms with Crippen LogP contribution in [0.1, 0.15) is 41.6 Å². The zero-order valence-electron chi connectivity index (χ0n) is 11.3. The Morgan fingerprint density at radius 2 is 1.95 bits per heavy atom. The quantitative estimate of drug-likeness (QED) is 0.846. The van der Waals surface area contributed by atoms with Crippen LogP contribution in [-0.2, 0) is 16.1 Å². The smallest absolute Gasteiger partial charge is 0.337 e. The van der Waals surface area contributed by atoms with E-state index in [1.54, 1.807) is 12.1 Å². The second kappa shape index (κ2) is 6.68. The van der Waals surface area contributed by atoms with Gasteiger partial charge in [0, 0.05) is 6.04 Å². The average molecular weight is 263 g/mol. The number of hydrogen-bond acceptors (Lipinski definition) is 4. The Hall–Kier alpha value is -1.39. The minimum absolute atomic E-state index is 0.156. The van der Waals surface area contributed by atoms with Crippen molar-refractivity contribution in [3.63, 3.8) is 0 Å². The predicted molar refractivity (Wildman–Crippen MR) is 72.8 cm³/mol. The molecule has 0 spiro atoms. The molecule has 1 fully saturated rings. The monoisotopic (exact) mass is 263 g/mol. The summed E-state index contributed by atoms with van der Waals surface area (Å²) in [5.41, 5.74) is 7.64. The fourth-order valence-electron chi connectivity index (χ4n) is 2.39. The number of hydrogen-bond donors (Lipinski definition) is 1. The van der Waals surface area contributed by atoms with Crippen molar-refractivity contribution in [1.29, 1.82) is 0 Å². The molecule has 2 atom stereocenters. The van der Waals surface area contributed by atoms with Gasteiger partial charge >= 0.3 is 5.97 Å².